The molecular weight excluding hydrogens is 496 g/mol. The first-order chi connectivity index (χ1) is 17.9. The Hall–Kier alpha value is -2.86. The standard InChI is InChI=1S/C28H32O10/c1-11-19-13(6-15-20(11)24(32)21-16(23(15)31)7-14(35-4)8-17(21)29)9-28(3,34)10-18(19)38-27-26(36-5)25(33)22(30)12(2)37-27/h6-8,12,18,22,25-27,29-30,33-34H,9-10H2,1-5H3. The fourth-order valence-corrected chi connectivity index (χ4v) is 6.00. The molecule has 38 heavy (non-hydrogen) atoms. The Morgan fingerprint density at radius 1 is 1.03 bits per heavy atom. The van der Waals surface area contributed by atoms with Gasteiger partial charge in [0.2, 0.25) is 0 Å². The second-order valence-corrected chi connectivity index (χ2v) is 10.6. The quantitative estimate of drug-likeness (QED) is 0.394. The van der Waals surface area contributed by atoms with Gasteiger partial charge in [0.1, 0.15) is 29.8 Å². The lowest BCUT2D eigenvalue weighted by atomic mass is 9.72. The number of carbonyl (C=O) groups is 2. The van der Waals surface area contributed by atoms with Crippen LogP contribution >= 0.6 is 0 Å². The number of aliphatic hydroxyl groups is 3. The molecule has 2 aromatic rings. The molecule has 0 radical (unpaired) electrons. The molecule has 7 atom stereocenters. The van der Waals surface area contributed by atoms with Gasteiger partial charge in [-0.3, -0.25) is 9.59 Å². The third-order valence-electron chi connectivity index (χ3n) is 7.86. The van der Waals surface area contributed by atoms with E-state index in [0.717, 1.165) is 0 Å². The monoisotopic (exact) mass is 528 g/mol. The van der Waals surface area contributed by atoms with Gasteiger partial charge in [-0.1, -0.05) is 0 Å². The Bertz CT molecular complexity index is 1320. The first-order valence-electron chi connectivity index (χ1n) is 12.5. The van der Waals surface area contributed by atoms with Crippen LogP contribution in [-0.2, 0) is 20.6 Å². The minimum absolute atomic E-state index is 0.0501. The summed E-state index contributed by atoms with van der Waals surface area (Å²) in [5.74, 6) is -1.03. The zero-order chi connectivity index (χ0) is 27.7. The number of benzene rings is 2. The Balaban J connectivity index is 1.62. The Morgan fingerprint density at radius 2 is 1.71 bits per heavy atom. The van der Waals surface area contributed by atoms with E-state index < -0.39 is 54.0 Å². The number of aromatic hydroxyl groups is 1. The highest BCUT2D eigenvalue weighted by atomic mass is 16.7. The van der Waals surface area contributed by atoms with Gasteiger partial charge >= 0.3 is 0 Å². The van der Waals surface area contributed by atoms with Gasteiger partial charge in [0.25, 0.3) is 0 Å². The third-order valence-corrected chi connectivity index (χ3v) is 7.86. The summed E-state index contributed by atoms with van der Waals surface area (Å²) in [5.41, 5.74) is 0.849. The molecule has 1 saturated heterocycles. The fourth-order valence-electron chi connectivity index (χ4n) is 6.00. The van der Waals surface area contributed by atoms with Crippen LogP contribution in [0.25, 0.3) is 0 Å². The number of carbonyl (C=O) groups excluding carboxylic acids is 2. The van der Waals surface area contributed by atoms with E-state index in [1.54, 1.807) is 26.8 Å². The number of fused-ring (bicyclic) bond motifs is 3. The number of phenolic OH excluding ortho intramolecular Hbond substituents is 1. The molecule has 0 amide bonds. The van der Waals surface area contributed by atoms with Crippen LogP contribution in [0.5, 0.6) is 11.5 Å². The molecule has 7 unspecified atom stereocenters. The van der Waals surface area contributed by atoms with E-state index in [4.69, 9.17) is 18.9 Å². The van der Waals surface area contributed by atoms with Crippen molar-refractivity contribution in [2.75, 3.05) is 14.2 Å². The van der Waals surface area contributed by atoms with Gasteiger partial charge in [0.05, 0.1) is 30.5 Å². The predicted octanol–water partition coefficient (Wildman–Crippen LogP) is 1.72. The minimum atomic E-state index is -1.27. The first-order valence-corrected chi connectivity index (χ1v) is 12.5. The average molecular weight is 529 g/mol. The van der Waals surface area contributed by atoms with Gasteiger partial charge in [-0.2, -0.15) is 0 Å². The van der Waals surface area contributed by atoms with Crippen LogP contribution in [0.4, 0.5) is 0 Å². The van der Waals surface area contributed by atoms with Crippen LogP contribution in [0.1, 0.15) is 74.9 Å². The molecule has 0 saturated carbocycles. The van der Waals surface area contributed by atoms with Crippen LogP contribution in [0, 0.1) is 6.92 Å². The highest BCUT2D eigenvalue weighted by Crippen LogP contribution is 2.46. The molecule has 10 heteroatoms. The van der Waals surface area contributed by atoms with Gasteiger partial charge in [-0.05, 0) is 49.6 Å². The smallest absolute Gasteiger partial charge is 0.198 e. The SMILES string of the molecule is COc1cc(O)c2c(c1)C(=O)c1cc3c(c(C)c1C2=O)C(OC1OC(C)C(O)C(O)C1OC)CC(C)(O)C3. The summed E-state index contributed by atoms with van der Waals surface area (Å²) in [6.45, 7) is 4.97. The maximum absolute atomic E-state index is 13.7. The molecule has 2 aromatic carbocycles. The largest absolute Gasteiger partial charge is 0.507 e. The van der Waals surface area contributed by atoms with E-state index in [9.17, 15) is 30.0 Å². The molecule has 5 rings (SSSR count). The number of ketones is 2. The van der Waals surface area contributed by atoms with E-state index in [1.807, 2.05) is 0 Å². The van der Waals surface area contributed by atoms with Crippen LogP contribution in [-0.4, -0.2) is 82.5 Å². The molecule has 1 heterocycles. The number of rotatable bonds is 4. The lowest BCUT2D eigenvalue weighted by Gasteiger charge is -2.44. The Labute approximate surface area is 219 Å². The number of phenols is 1. The zero-order valence-corrected chi connectivity index (χ0v) is 21.8. The maximum Gasteiger partial charge on any atom is 0.198 e. The summed E-state index contributed by atoms with van der Waals surface area (Å²) >= 11 is 0. The number of hydrogen-bond acceptors (Lipinski definition) is 10. The van der Waals surface area contributed by atoms with E-state index in [2.05, 4.69) is 0 Å². The van der Waals surface area contributed by atoms with Crippen LogP contribution < -0.4 is 4.74 Å². The van der Waals surface area contributed by atoms with Crippen molar-refractivity contribution in [1.82, 2.24) is 0 Å². The molecule has 204 valence electrons. The fraction of sp³-hybridized carbons (Fsp3) is 0.500. The lowest BCUT2D eigenvalue weighted by Crippen LogP contribution is -2.58. The summed E-state index contributed by atoms with van der Waals surface area (Å²) in [6, 6.07) is 4.33. The van der Waals surface area contributed by atoms with Gasteiger partial charge in [0.15, 0.2) is 17.9 Å². The van der Waals surface area contributed by atoms with Crippen LogP contribution in [0.15, 0.2) is 18.2 Å². The van der Waals surface area contributed by atoms with Gasteiger partial charge < -0.3 is 39.4 Å². The van der Waals surface area contributed by atoms with Crippen LogP contribution in [0.3, 0.4) is 0 Å². The minimum Gasteiger partial charge on any atom is -0.507 e. The first kappa shape index (κ1) is 26.7. The molecule has 1 aliphatic heterocycles. The topological polar surface area (TPSA) is 152 Å². The highest BCUT2D eigenvalue weighted by Gasteiger charge is 2.47. The second kappa shape index (κ2) is 9.41. The highest BCUT2D eigenvalue weighted by molar-refractivity contribution is 6.30. The van der Waals surface area contributed by atoms with Gasteiger partial charge in [-0.25, -0.2) is 0 Å². The molecule has 1 fully saturated rings. The van der Waals surface area contributed by atoms with Crippen molar-refractivity contribution in [2.24, 2.45) is 0 Å². The molecule has 3 aliphatic rings. The van der Waals surface area contributed by atoms with Gasteiger partial charge in [-0.15, -0.1) is 0 Å². The molecule has 0 aromatic heterocycles. The molecule has 0 spiro atoms. The van der Waals surface area contributed by atoms with Gasteiger partial charge in [0, 0.05) is 42.7 Å². The number of methoxy groups -OCH3 is 2. The van der Waals surface area contributed by atoms with Crippen molar-refractivity contribution < 1.29 is 49.0 Å². The van der Waals surface area contributed by atoms with Crippen molar-refractivity contribution >= 4 is 11.6 Å². The summed E-state index contributed by atoms with van der Waals surface area (Å²) in [7, 11) is 2.77. The second-order valence-electron chi connectivity index (χ2n) is 10.6. The van der Waals surface area contributed by atoms with Crippen molar-refractivity contribution in [3.8, 4) is 11.5 Å². The van der Waals surface area contributed by atoms with Crippen molar-refractivity contribution in [2.45, 2.75) is 76.0 Å². The van der Waals surface area contributed by atoms with Crippen molar-refractivity contribution in [3.63, 3.8) is 0 Å². The summed E-state index contributed by atoms with van der Waals surface area (Å²) in [4.78, 5) is 27.2. The predicted molar refractivity (Wildman–Crippen MR) is 133 cm³/mol. The van der Waals surface area contributed by atoms with E-state index in [-0.39, 0.29) is 46.6 Å². The number of hydrogen-bond donors (Lipinski definition) is 4. The van der Waals surface area contributed by atoms with Crippen molar-refractivity contribution in [1.29, 1.82) is 0 Å². The zero-order valence-electron chi connectivity index (χ0n) is 21.8. The molecule has 2 aliphatic carbocycles. The lowest BCUT2D eigenvalue weighted by molar-refractivity contribution is -0.313. The normalized spacial score (nSPS) is 32.4. The Morgan fingerprint density at radius 3 is 2.37 bits per heavy atom. The molecular formula is C28H32O10. The van der Waals surface area contributed by atoms with Crippen LogP contribution in [0.2, 0.25) is 0 Å². The third kappa shape index (κ3) is 4.12. The molecule has 10 nitrogen and oxygen atoms in total. The number of aliphatic hydroxyl groups excluding tert-OH is 2. The average Bonchev–Trinajstić information content (AvgIpc) is 2.84. The molecule has 4 N–H and O–H groups in total. The molecule has 0 bridgehead atoms. The maximum atomic E-state index is 13.7. The summed E-state index contributed by atoms with van der Waals surface area (Å²) in [6.07, 6.45) is -5.70. The summed E-state index contributed by atoms with van der Waals surface area (Å²) in [5, 5.41) is 42.5. The van der Waals surface area contributed by atoms with E-state index in [1.165, 1.54) is 26.4 Å². The number of ether oxygens (including phenoxy) is 4. The Kier molecular flexibility index (Phi) is 6.62. The summed E-state index contributed by atoms with van der Waals surface area (Å²) < 4.78 is 22.7. The van der Waals surface area contributed by atoms with Crippen molar-refractivity contribution in [3.05, 3.63) is 57.1 Å². The van der Waals surface area contributed by atoms with E-state index >= 15 is 0 Å². The van der Waals surface area contributed by atoms with E-state index in [0.29, 0.717) is 16.7 Å².